The standard InChI is InChI=1S/C12H20O3/c1-3-6-12(9(2)13)7-4-10(5-8-12)11(14)15/h10H,3-8H2,1-2H3,(H,14,15). The van der Waals surface area contributed by atoms with Crippen LogP contribution in [-0.2, 0) is 9.59 Å². The van der Waals surface area contributed by atoms with Crippen LogP contribution in [0.1, 0.15) is 52.4 Å². The molecule has 0 amide bonds. The molecule has 15 heavy (non-hydrogen) atoms. The summed E-state index contributed by atoms with van der Waals surface area (Å²) in [6, 6.07) is 0. The van der Waals surface area contributed by atoms with Crippen molar-refractivity contribution in [1.29, 1.82) is 0 Å². The van der Waals surface area contributed by atoms with Crippen molar-refractivity contribution in [3.05, 3.63) is 0 Å². The molecule has 0 saturated heterocycles. The molecule has 0 radical (unpaired) electrons. The molecule has 1 fully saturated rings. The Labute approximate surface area is 90.9 Å². The number of ketones is 1. The van der Waals surface area contributed by atoms with Crippen LogP contribution in [-0.4, -0.2) is 16.9 Å². The Morgan fingerprint density at radius 3 is 2.20 bits per heavy atom. The van der Waals surface area contributed by atoms with E-state index in [4.69, 9.17) is 5.11 Å². The predicted molar refractivity (Wildman–Crippen MR) is 57.6 cm³/mol. The van der Waals surface area contributed by atoms with Crippen LogP contribution in [0.5, 0.6) is 0 Å². The predicted octanol–water partition coefficient (Wildman–Crippen LogP) is 2.64. The molecule has 0 bridgehead atoms. The van der Waals surface area contributed by atoms with Gasteiger partial charge in [-0.25, -0.2) is 0 Å². The summed E-state index contributed by atoms with van der Waals surface area (Å²) in [5.41, 5.74) is -0.208. The van der Waals surface area contributed by atoms with Gasteiger partial charge in [0.25, 0.3) is 0 Å². The van der Waals surface area contributed by atoms with E-state index in [0.717, 1.165) is 25.7 Å². The van der Waals surface area contributed by atoms with Crippen LogP contribution in [0, 0.1) is 11.3 Å². The van der Waals surface area contributed by atoms with Crippen molar-refractivity contribution in [3.63, 3.8) is 0 Å². The van der Waals surface area contributed by atoms with Crippen molar-refractivity contribution >= 4 is 11.8 Å². The van der Waals surface area contributed by atoms with Crippen molar-refractivity contribution in [2.75, 3.05) is 0 Å². The van der Waals surface area contributed by atoms with E-state index in [-0.39, 0.29) is 17.1 Å². The summed E-state index contributed by atoms with van der Waals surface area (Å²) in [5, 5.41) is 8.89. The van der Waals surface area contributed by atoms with Gasteiger partial charge in [-0.15, -0.1) is 0 Å². The van der Waals surface area contributed by atoms with E-state index in [1.165, 1.54) is 0 Å². The van der Waals surface area contributed by atoms with Gasteiger partial charge in [0.1, 0.15) is 5.78 Å². The van der Waals surface area contributed by atoms with E-state index in [1.54, 1.807) is 6.92 Å². The van der Waals surface area contributed by atoms with Gasteiger partial charge >= 0.3 is 5.97 Å². The highest BCUT2D eigenvalue weighted by Gasteiger charge is 2.40. The second-order valence-corrected chi connectivity index (χ2v) is 4.70. The lowest BCUT2D eigenvalue weighted by Crippen LogP contribution is -2.35. The van der Waals surface area contributed by atoms with E-state index in [9.17, 15) is 9.59 Å². The van der Waals surface area contributed by atoms with E-state index in [1.807, 2.05) is 0 Å². The van der Waals surface area contributed by atoms with Crippen LogP contribution >= 0.6 is 0 Å². The number of hydrogen-bond donors (Lipinski definition) is 1. The number of rotatable bonds is 4. The normalized spacial score (nSPS) is 31.2. The second kappa shape index (κ2) is 4.77. The van der Waals surface area contributed by atoms with Crippen molar-refractivity contribution in [2.45, 2.75) is 52.4 Å². The average molecular weight is 212 g/mol. The molecule has 86 valence electrons. The highest BCUT2D eigenvalue weighted by Crippen LogP contribution is 2.43. The Morgan fingerprint density at radius 2 is 1.87 bits per heavy atom. The highest BCUT2D eigenvalue weighted by atomic mass is 16.4. The molecule has 1 rings (SSSR count). The number of carboxylic acids is 1. The third kappa shape index (κ3) is 2.58. The summed E-state index contributed by atoms with van der Waals surface area (Å²) < 4.78 is 0. The molecular formula is C12H20O3. The minimum Gasteiger partial charge on any atom is -0.481 e. The molecule has 3 heteroatoms. The summed E-state index contributed by atoms with van der Waals surface area (Å²) in [6.45, 7) is 3.73. The van der Waals surface area contributed by atoms with E-state index >= 15 is 0 Å². The van der Waals surface area contributed by atoms with Gasteiger partial charge in [-0.3, -0.25) is 9.59 Å². The van der Waals surface area contributed by atoms with E-state index in [2.05, 4.69) is 6.92 Å². The molecular weight excluding hydrogens is 192 g/mol. The maximum atomic E-state index is 11.6. The monoisotopic (exact) mass is 212 g/mol. The van der Waals surface area contributed by atoms with E-state index in [0.29, 0.717) is 12.8 Å². The lowest BCUT2D eigenvalue weighted by Gasteiger charge is -2.37. The first-order valence-corrected chi connectivity index (χ1v) is 5.75. The maximum Gasteiger partial charge on any atom is 0.306 e. The summed E-state index contributed by atoms with van der Waals surface area (Å²) >= 11 is 0. The zero-order chi connectivity index (χ0) is 11.5. The molecule has 1 aliphatic carbocycles. The number of carboxylic acid groups (broad SMARTS) is 1. The summed E-state index contributed by atoms with van der Waals surface area (Å²) in [6.07, 6.45) is 4.75. The van der Waals surface area contributed by atoms with Gasteiger partial charge in [0.05, 0.1) is 5.92 Å². The lowest BCUT2D eigenvalue weighted by molar-refractivity contribution is -0.145. The maximum absolute atomic E-state index is 11.6. The molecule has 0 heterocycles. The quantitative estimate of drug-likeness (QED) is 0.779. The van der Waals surface area contributed by atoms with Gasteiger partial charge in [-0.2, -0.15) is 0 Å². The Balaban J connectivity index is 2.65. The minimum absolute atomic E-state index is 0.208. The van der Waals surface area contributed by atoms with Crippen molar-refractivity contribution in [2.24, 2.45) is 11.3 Å². The SMILES string of the molecule is CCCC1(C(C)=O)CCC(C(=O)O)CC1. The van der Waals surface area contributed by atoms with Crippen molar-refractivity contribution in [3.8, 4) is 0 Å². The third-order valence-corrected chi connectivity index (χ3v) is 3.77. The van der Waals surface area contributed by atoms with Gasteiger partial charge in [0.15, 0.2) is 0 Å². The van der Waals surface area contributed by atoms with Gasteiger partial charge in [0.2, 0.25) is 0 Å². The fraction of sp³-hybridized carbons (Fsp3) is 0.833. The molecule has 0 unspecified atom stereocenters. The molecule has 3 nitrogen and oxygen atoms in total. The minimum atomic E-state index is -0.705. The van der Waals surface area contributed by atoms with Gasteiger partial charge in [0, 0.05) is 5.41 Å². The van der Waals surface area contributed by atoms with Gasteiger partial charge in [-0.1, -0.05) is 13.3 Å². The Morgan fingerprint density at radius 1 is 1.33 bits per heavy atom. The Hall–Kier alpha value is -0.860. The number of carbonyl (C=O) groups is 2. The Bertz CT molecular complexity index is 250. The second-order valence-electron chi connectivity index (χ2n) is 4.70. The average Bonchev–Trinajstić information content (AvgIpc) is 2.18. The summed E-state index contributed by atoms with van der Waals surface area (Å²) in [5.74, 6) is -0.689. The number of hydrogen-bond acceptors (Lipinski definition) is 2. The molecule has 0 spiro atoms. The van der Waals surface area contributed by atoms with Crippen LogP contribution in [0.15, 0.2) is 0 Å². The fourth-order valence-corrected chi connectivity index (χ4v) is 2.67. The Kier molecular flexibility index (Phi) is 3.89. The number of carbonyl (C=O) groups excluding carboxylic acids is 1. The molecule has 1 aliphatic rings. The zero-order valence-corrected chi connectivity index (χ0v) is 9.58. The lowest BCUT2D eigenvalue weighted by atomic mass is 9.66. The third-order valence-electron chi connectivity index (χ3n) is 3.77. The molecule has 0 aliphatic heterocycles. The van der Waals surface area contributed by atoms with Gasteiger partial charge in [-0.05, 0) is 39.0 Å². The zero-order valence-electron chi connectivity index (χ0n) is 9.58. The molecule has 0 atom stereocenters. The van der Waals surface area contributed by atoms with Crippen LogP contribution in [0.3, 0.4) is 0 Å². The highest BCUT2D eigenvalue weighted by molar-refractivity contribution is 5.82. The number of aliphatic carboxylic acids is 1. The van der Waals surface area contributed by atoms with Gasteiger partial charge < -0.3 is 5.11 Å². The largest absolute Gasteiger partial charge is 0.481 e. The van der Waals surface area contributed by atoms with Crippen LogP contribution in [0.4, 0.5) is 0 Å². The molecule has 0 aromatic heterocycles. The van der Waals surface area contributed by atoms with E-state index < -0.39 is 5.97 Å². The molecule has 0 aromatic carbocycles. The molecule has 1 saturated carbocycles. The molecule has 0 aromatic rings. The van der Waals surface area contributed by atoms with Crippen LogP contribution < -0.4 is 0 Å². The number of Topliss-reactive ketones (excluding diaryl/α,β-unsaturated/α-hetero) is 1. The molecule has 1 N–H and O–H groups in total. The van der Waals surface area contributed by atoms with Crippen molar-refractivity contribution in [1.82, 2.24) is 0 Å². The first kappa shape index (κ1) is 12.2. The summed E-state index contributed by atoms with van der Waals surface area (Å²) in [4.78, 5) is 22.4. The fourth-order valence-electron chi connectivity index (χ4n) is 2.67. The topological polar surface area (TPSA) is 54.4 Å². The van der Waals surface area contributed by atoms with Crippen molar-refractivity contribution < 1.29 is 14.7 Å². The first-order valence-electron chi connectivity index (χ1n) is 5.75. The van der Waals surface area contributed by atoms with Crippen LogP contribution in [0.25, 0.3) is 0 Å². The summed E-state index contributed by atoms with van der Waals surface area (Å²) in [7, 11) is 0. The first-order chi connectivity index (χ1) is 7.02. The van der Waals surface area contributed by atoms with Crippen LogP contribution in [0.2, 0.25) is 0 Å². The smallest absolute Gasteiger partial charge is 0.306 e.